The van der Waals surface area contributed by atoms with Gasteiger partial charge in [-0.05, 0) is 37.7 Å². The summed E-state index contributed by atoms with van der Waals surface area (Å²) in [5, 5.41) is 0. The molecule has 2 rings (SSSR count). The van der Waals surface area contributed by atoms with Crippen molar-refractivity contribution >= 4 is 0 Å². The molecule has 106 valence electrons. The molecule has 0 spiro atoms. The van der Waals surface area contributed by atoms with Gasteiger partial charge in [0.25, 0.3) is 0 Å². The van der Waals surface area contributed by atoms with E-state index in [1.807, 2.05) is 0 Å². The first kappa shape index (κ1) is 14.5. The fourth-order valence-electron chi connectivity index (χ4n) is 3.17. The van der Waals surface area contributed by atoms with Crippen LogP contribution in [-0.4, -0.2) is 6.04 Å². The van der Waals surface area contributed by atoms with E-state index in [1.165, 1.54) is 56.1 Å². The lowest BCUT2D eigenvalue weighted by Crippen LogP contribution is -2.37. The molecule has 1 atom stereocenters. The van der Waals surface area contributed by atoms with Crippen LogP contribution in [0.4, 0.5) is 0 Å². The topological polar surface area (TPSA) is 38.0 Å². The molecule has 1 aliphatic carbocycles. The number of nitrogens with one attached hydrogen (secondary N) is 1. The number of hydrogen-bond acceptors (Lipinski definition) is 2. The minimum atomic E-state index is 0.421. The highest BCUT2D eigenvalue weighted by atomic mass is 15.2. The van der Waals surface area contributed by atoms with E-state index < -0.39 is 0 Å². The Labute approximate surface area is 117 Å². The first-order valence-electron chi connectivity index (χ1n) is 7.79. The second-order valence-corrected chi connectivity index (χ2v) is 6.13. The lowest BCUT2D eigenvalue weighted by molar-refractivity contribution is 0.313. The molecule has 1 aromatic rings. The summed E-state index contributed by atoms with van der Waals surface area (Å²) in [4.78, 5) is 0. The Morgan fingerprint density at radius 2 is 1.84 bits per heavy atom. The molecule has 2 nitrogen and oxygen atoms in total. The van der Waals surface area contributed by atoms with Gasteiger partial charge in [-0.15, -0.1) is 0 Å². The highest BCUT2D eigenvalue weighted by molar-refractivity contribution is 5.22. The van der Waals surface area contributed by atoms with Crippen molar-refractivity contribution in [3.8, 4) is 0 Å². The summed E-state index contributed by atoms with van der Waals surface area (Å²) in [5.41, 5.74) is 5.71. The van der Waals surface area contributed by atoms with Crippen LogP contribution in [0.3, 0.4) is 0 Å². The summed E-state index contributed by atoms with van der Waals surface area (Å²) in [7, 11) is 0. The zero-order valence-corrected chi connectivity index (χ0v) is 12.2. The van der Waals surface area contributed by atoms with Gasteiger partial charge in [-0.1, -0.05) is 61.9 Å². The molecule has 1 saturated carbocycles. The quantitative estimate of drug-likeness (QED) is 0.604. The predicted molar refractivity (Wildman–Crippen MR) is 81.8 cm³/mol. The van der Waals surface area contributed by atoms with E-state index in [-0.39, 0.29) is 0 Å². The maximum atomic E-state index is 5.72. The zero-order chi connectivity index (χ0) is 13.5. The van der Waals surface area contributed by atoms with Crippen molar-refractivity contribution in [2.24, 2.45) is 11.8 Å². The predicted octanol–water partition coefficient (Wildman–Crippen LogP) is 3.73. The maximum Gasteiger partial charge on any atom is 0.0251 e. The van der Waals surface area contributed by atoms with Gasteiger partial charge in [0, 0.05) is 6.04 Å². The van der Waals surface area contributed by atoms with Crippen LogP contribution in [0.25, 0.3) is 0 Å². The van der Waals surface area contributed by atoms with Crippen LogP contribution < -0.4 is 11.3 Å². The molecular weight excluding hydrogens is 232 g/mol. The third-order valence-electron chi connectivity index (χ3n) is 4.49. The third kappa shape index (κ3) is 4.96. The standard InChI is InChI=1S/C17H28N2/c1-14-7-9-16(10-8-14)13-17(19-18)12-11-15-5-3-2-4-6-15/h7-10,15,17,19H,2-6,11-13,18H2,1H3. The maximum absolute atomic E-state index is 5.72. The number of hydrogen-bond donors (Lipinski definition) is 2. The fraction of sp³-hybridized carbons (Fsp3) is 0.647. The summed E-state index contributed by atoms with van der Waals surface area (Å²) in [6.45, 7) is 2.13. The molecule has 0 aliphatic heterocycles. The van der Waals surface area contributed by atoms with E-state index in [0.29, 0.717) is 6.04 Å². The molecule has 0 saturated heterocycles. The van der Waals surface area contributed by atoms with Crippen LogP contribution in [0.5, 0.6) is 0 Å². The first-order valence-corrected chi connectivity index (χ1v) is 7.79. The molecule has 0 aromatic heterocycles. The minimum absolute atomic E-state index is 0.421. The van der Waals surface area contributed by atoms with Crippen molar-refractivity contribution in [2.75, 3.05) is 0 Å². The van der Waals surface area contributed by atoms with E-state index in [9.17, 15) is 0 Å². The van der Waals surface area contributed by atoms with Crippen molar-refractivity contribution in [1.29, 1.82) is 0 Å². The van der Waals surface area contributed by atoms with Gasteiger partial charge < -0.3 is 0 Å². The average Bonchev–Trinajstić information content (AvgIpc) is 2.46. The Kier molecular flexibility index (Phi) is 5.87. The Morgan fingerprint density at radius 3 is 2.47 bits per heavy atom. The number of hydrazine groups is 1. The number of rotatable bonds is 6. The van der Waals surface area contributed by atoms with Crippen LogP contribution in [0.1, 0.15) is 56.1 Å². The summed E-state index contributed by atoms with van der Waals surface area (Å²) in [5.74, 6) is 6.66. The van der Waals surface area contributed by atoms with Crippen LogP contribution in [0.2, 0.25) is 0 Å². The summed E-state index contributed by atoms with van der Waals surface area (Å²) >= 11 is 0. The van der Waals surface area contributed by atoms with Gasteiger partial charge in [0.1, 0.15) is 0 Å². The monoisotopic (exact) mass is 260 g/mol. The van der Waals surface area contributed by atoms with Crippen molar-refractivity contribution in [1.82, 2.24) is 5.43 Å². The van der Waals surface area contributed by atoms with E-state index in [4.69, 9.17) is 5.84 Å². The Morgan fingerprint density at radius 1 is 1.16 bits per heavy atom. The molecule has 1 unspecified atom stereocenters. The average molecular weight is 260 g/mol. The lowest BCUT2D eigenvalue weighted by atomic mass is 9.84. The van der Waals surface area contributed by atoms with Crippen LogP contribution in [0, 0.1) is 12.8 Å². The highest BCUT2D eigenvalue weighted by Crippen LogP contribution is 2.28. The van der Waals surface area contributed by atoms with Gasteiger partial charge in [0.05, 0.1) is 0 Å². The normalized spacial score (nSPS) is 18.4. The molecule has 1 fully saturated rings. The van der Waals surface area contributed by atoms with Gasteiger partial charge in [0.15, 0.2) is 0 Å². The SMILES string of the molecule is Cc1ccc(CC(CCC2CCCCC2)NN)cc1. The Balaban J connectivity index is 1.77. The van der Waals surface area contributed by atoms with Gasteiger partial charge >= 0.3 is 0 Å². The molecule has 3 N–H and O–H groups in total. The number of benzene rings is 1. The molecule has 0 bridgehead atoms. The Bertz CT molecular complexity index is 352. The van der Waals surface area contributed by atoms with Crippen molar-refractivity contribution in [2.45, 2.75) is 64.3 Å². The Hall–Kier alpha value is -0.860. The van der Waals surface area contributed by atoms with E-state index in [2.05, 4.69) is 36.6 Å². The first-order chi connectivity index (χ1) is 9.28. The number of nitrogens with two attached hydrogens (primary N) is 1. The summed E-state index contributed by atoms with van der Waals surface area (Å²) in [6.07, 6.45) is 10.8. The molecule has 1 aromatic carbocycles. The molecule has 1 aliphatic rings. The van der Waals surface area contributed by atoms with Gasteiger partial charge in [-0.2, -0.15) is 0 Å². The minimum Gasteiger partial charge on any atom is -0.271 e. The molecule has 0 heterocycles. The van der Waals surface area contributed by atoms with Crippen molar-refractivity contribution < 1.29 is 0 Å². The van der Waals surface area contributed by atoms with Crippen LogP contribution >= 0.6 is 0 Å². The lowest BCUT2D eigenvalue weighted by Gasteiger charge is -2.24. The van der Waals surface area contributed by atoms with E-state index in [1.54, 1.807) is 0 Å². The molecule has 0 amide bonds. The highest BCUT2D eigenvalue weighted by Gasteiger charge is 2.16. The van der Waals surface area contributed by atoms with E-state index in [0.717, 1.165) is 12.3 Å². The second kappa shape index (κ2) is 7.66. The fourth-order valence-corrected chi connectivity index (χ4v) is 3.17. The van der Waals surface area contributed by atoms with Gasteiger partial charge in [-0.25, -0.2) is 0 Å². The molecule has 19 heavy (non-hydrogen) atoms. The van der Waals surface area contributed by atoms with Crippen molar-refractivity contribution in [3.63, 3.8) is 0 Å². The molecule has 2 heteroatoms. The molecular formula is C17H28N2. The van der Waals surface area contributed by atoms with Crippen LogP contribution in [0.15, 0.2) is 24.3 Å². The second-order valence-electron chi connectivity index (χ2n) is 6.13. The summed E-state index contributed by atoms with van der Waals surface area (Å²) < 4.78 is 0. The zero-order valence-electron chi connectivity index (χ0n) is 12.2. The van der Waals surface area contributed by atoms with Gasteiger partial charge in [0.2, 0.25) is 0 Å². The smallest absolute Gasteiger partial charge is 0.0251 e. The van der Waals surface area contributed by atoms with Crippen LogP contribution in [-0.2, 0) is 6.42 Å². The largest absolute Gasteiger partial charge is 0.271 e. The molecule has 0 radical (unpaired) electrons. The van der Waals surface area contributed by atoms with Crippen molar-refractivity contribution in [3.05, 3.63) is 35.4 Å². The van der Waals surface area contributed by atoms with Gasteiger partial charge in [-0.3, -0.25) is 11.3 Å². The number of aryl methyl sites for hydroxylation is 1. The summed E-state index contributed by atoms with van der Waals surface area (Å²) in [6, 6.07) is 9.24. The van der Waals surface area contributed by atoms with E-state index >= 15 is 0 Å². The third-order valence-corrected chi connectivity index (χ3v) is 4.49.